The predicted octanol–water partition coefficient (Wildman–Crippen LogP) is 3.09. The van der Waals surface area contributed by atoms with Crippen LogP contribution in [0.15, 0.2) is 22.8 Å². The van der Waals surface area contributed by atoms with E-state index in [-0.39, 0.29) is 0 Å². The van der Waals surface area contributed by atoms with Gasteiger partial charge in [0, 0.05) is 16.7 Å². The highest BCUT2D eigenvalue weighted by atomic mass is 79.9. The summed E-state index contributed by atoms with van der Waals surface area (Å²) in [6.07, 6.45) is 5.67. The number of aromatic nitrogens is 3. The van der Waals surface area contributed by atoms with Gasteiger partial charge in [-0.05, 0) is 53.2 Å². The second-order valence-electron chi connectivity index (χ2n) is 4.84. The molecular weight excluding hydrogens is 280 g/mol. The van der Waals surface area contributed by atoms with Gasteiger partial charge in [-0.15, -0.1) is 5.10 Å². The molecule has 1 aliphatic rings. The minimum absolute atomic E-state index is 0.533. The average molecular weight is 295 g/mol. The maximum atomic E-state index is 4.46. The molecule has 2 aromatic rings. The van der Waals surface area contributed by atoms with Gasteiger partial charge in [0.15, 0.2) is 5.65 Å². The summed E-state index contributed by atoms with van der Waals surface area (Å²) in [6, 6.07) is 4.47. The first-order chi connectivity index (χ1) is 8.20. The SMILES string of the molecule is CC1CCC(Nc2nc3ccc(Br)cn3n2)C1. The summed E-state index contributed by atoms with van der Waals surface area (Å²) in [5.74, 6) is 1.56. The Morgan fingerprint density at radius 2 is 2.29 bits per heavy atom. The molecule has 2 heterocycles. The highest BCUT2D eigenvalue weighted by Crippen LogP contribution is 2.26. The molecule has 0 saturated heterocycles. The smallest absolute Gasteiger partial charge is 0.243 e. The lowest BCUT2D eigenvalue weighted by atomic mass is 10.1. The Morgan fingerprint density at radius 3 is 3.06 bits per heavy atom. The molecule has 0 aromatic carbocycles. The molecule has 1 N–H and O–H groups in total. The van der Waals surface area contributed by atoms with Crippen LogP contribution in [0.5, 0.6) is 0 Å². The monoisotopic (exact) mass is 294 g/mol. The number of hydrogen-bond acceptors (Lipinski definition) is 3. The van der Waals surface area contributed by atoms with Crippen LogP contribution in [0.4, 0.5) is 5.95 Å². The zero-order valence-electron chi connectivity index (χ0n) is 9.73. The molecule has 4 nitrogen and oxygen atoms in total. The Balaban J connectivity index is 1.81. The predicted molar refractivity (Wildman–Crippen MR) is 71.1 cm³/mol. The number of pyridine rings is 1. The lowest BCUT2D eigenvalue weighted by Gasteiger charge is -2.09. The molecule has 17 heavy (non-hydrogen) atoms. The Kier molecular flexibility index (Phi) is 2.78. The molecule has 90 valence electrons. The number of fused-ring (bicyclic) bond motifs is 1. The quantitative estimate of drug-likeness (QED) is 0.925. The second-order valence-corrected chi connectivity index (χ2v) is 5.76. The van der Waals surface area contributed by atoms with E-state index in [1.165, 1.54) is 19.3 Å². The van der Waals surface area contributed by atoms with Crippen molar-refractivity contribution in [2.24, 2.45) is 5.92 Å². The van der Waals surface area contributed by atoms with Gasteiger partial charge < -0.3 is 5.32 Å². The number of nitrogens with one attached hydrogen (secondary N) is 1. The van der Waals surface area contributed by atoms with Crippen LogP contribution in [0.1, 0.15) is 26.2 Å². The Labute approximate surface area is 109 Å². The number of halogens is 1. The summed E-state index contributed by atoms with van der Waals surface area (Å²) in [7, 11) is 0. The first-order valence-electron chi connectivity index (χ1n) is 5.99. The molecule has 1 saturated carbocycles. The molecule has 0 bridgehead atoms. The summed E-state index contributed by atoms with van der Waals surface area (Å²) >= 11 is 3.43. The van der Waals surface area contributed by atoms with Crippen LogP contribution in [-0.2, 0) is 0 Å². The van der Waals surface area contributed by atoms with Crippen LogP contribution in [0.2, 0.25) is 0 Å². The van der Waals surface area contributed by atoms with Crippen molar-refractivity contribution in [1.29, 1.82) is 0 Å². The van der Waals surface area contributed by atoms with E-state index < -0.39 is 0 Å². The van der Waals surface area contributed by atoms with E-state index in [4.69, 9.17) is 0 Å². The first kappa shape index (κ1) is 11.0. The number of anilines is 1. The lowest BCUT2D eigenvalue weighted by molar-refractivity contribution is 0.601. The standard InChI is InChI=1S/C12H15BrN4/c1-8-2-4-10(6-8)14-12-15-11-5-3-9(13)7-17(11)16-12/h3,5,7-8,10H,2,4,6H2,1H3,(H,14,16). The largest absolute Gasteiger partial charge is 0.350 e. The third kappa shape index (κ3) is 2.29. The van der Waals surface area contributed by atoms with Crippen LogP contribution in [0.25, 0.3) is 5.65 Å². The van der Waals surface area contributed by atoms with Crippen LogP contribution in [0, 0.1) is 5.92 Å². The third-order valence-electron chi connectivity index (χ3n) is 3.32. The maximum Gasteiger partial charge on any atom is 0.243 e. The van der Waals surface area contributed by atoms with Crippen LogP contribution in [-0.4, -0.2) is 20.6 Å². The fourth-order valence-electron chi connectivity index (χ4n) is 2.44. The fraction of sp³-hybridized carbons (Fsp3) is 0.500. The van der Waals surface area contributed by atoms with Crippen molar-refractivity contribution in [3.8, 4) is 0 Å². The van der Waals surface area contributed by atoms with Crippen molar-refractivity contribution in [2.45, 2.75) is 32.2 Å². The molecule has 0 spiro atoms. The van der Waals surface area contributed by atoms with Crippen molar-refractivity contribution < 1.29 is 0 Å². The highest BCUT2D eigenvalue weighted by Gasteiger charge is 2.22. The van der Waals surface area contributed by atoms with Crippen molar-refractivity contribution in [1.82, 2.24) is 14.6 Å². The van der Waals surface area contributed by atoms with E-state index in [1.807, 2.05) is 18.3 Å². The Morgan fingerprint density at radius 1 is 1.41 bits per heavy atom. The van der Waals surface area contributed by atoms with E-state index in [9.17, 15) is 0 Å². The van der Waals surface area contributed by atoms with E-state index in [0.29, 0.717) is 6.04 Å². The normalized spacial score (nSPS) is 24.4. The minimum Gasteiger partial charge on any atom is -0.350 e. The zero-order chi connectivity index (χ0) is 11.8. The van der Waals surface area contributed by atoms with E-state index in [1.54, 1.807) is 4.52 Å². The second kappa shape index (κ2) is 4.29. The average Bonchev–Trinajstić information content (AvgIpc) is 2.84. The zero-order valence-corrected chi connectivity index (χ0v) is 11.3. The molecule has 0 amide bonds. The summed E-state index contributed by atoms with van der Waals surface area (Å²) < 4.78 is 2.81. The molecule has 2 atom stereocenters. The summed E-state index contributed by atoms with van der Waals surface area (Å²) in [5.41, 5.74) is 0.877. The van der Waals surface area contributed by atoms with E-state index >= 15 is 0 Å². The number of hydrogen-bond donors (Lipinski definition) is 1. The van der Waals surface area contributed by atoms with Crippen LogP contribution >= 0.6 is 15.9 Å². The molecule has 2 aromatic heterocycles. The molecule has 3 rings (SSSR count). The molecule has 2 unspecified atom stereocenters. The Bertz CT molecular complexity index is 536. The summed E-state index contributed by atoms with van der Waals surface area (Å²) in [6.45, 7) is 2.30. The topological polar surface area (TPSA) is 42.2 Å². The van der Waals surface area contributed by atoms with Crippen molar-refractivity contribution in [3.05, 3.63) is 22.8 Å². The first-order valence-corrected chi connectivity index (χ1v) is 6.78. The van der Waals surface area contributed by atoms with E-state index in [0.717, 1.165) is 22.0 Å². The van der Waals surface area contributed by atoms with Gasteiger partial charge in [0.25, 0.3) is 0 Å². The van der Waals surface area contributed by atoms with Crippen LogP contribution < -0.4 is 5.32 Å². The van der Waals surface area contributed by atoms with Gasteiger partial charge in [0.2, 0.25) is 5.95 Å². The number of rotatable bonds is 2. The van der Waals surface area contributed by atoms with Gasteiger partial charge in [-0.1, -0.05) is 6.92 Å². The molecule has 0 aliphatic heterocycles. The lowest BCUT2D eigenvalue weighted by Crippen LogP contribution is -2.16. The van der Waals surface area contributed by atoms with Crippen molar-refractivity contribution in [3.63, 3.8) is 0 Å². The molecular formula is C12H15BrN4. The third-order valence-corrected chi connectivity index (χ3v) is 3.79. The Hall–Kier alpha value is -1.10. The molecule has 1 aliphatic carbocycles. The maximum absolute atomic E-state index is 4.46. The highest BCUT2D eigenvalue weighted by molar-refractivity contribution is 9.10. The fourth-order valence-corrected chi connectivity index (χ4v) is 2.77. The van der Waals surface area contributed by atoms with Crippen molar-refractivity contribution in [2.75, 3.05) is 5.32 Å². The van der Waals surface area contributed by atoms with Gasteiger partial charge in [0.05, 0.1) is 0 Å². The van der Waals surface area contributed by atoms with Gasteiger partial charge >= 0.3 is 0 Å². The number of nitrogens with zero attached hydrogens (tertiary/aromatic N) is 3. The van der Waals surface area contributed by atoms with Gasteiger partial charge in [0.1, 0.15) is 0 Å². The summed E-state index contributed by atoms with van der Waals surface area (Å²) in [4.78, 5) is 4.46. The van der Waals surface area contributed by atoms with Crippen LogP contribution in [0.3, 0.4) is 0 Å². The van der Waals surface area contributed by atoms with E-state index in [2.05, 4.69) is 38.3 Å². The summed E-state index contributed by atoms with van der Waals surface area (Å²) in [5, 5.41) is 7.85. The van der Waals surface area contributed by atoms with Gasteiger partial charge in [-0.3, -0.25) is 0 Å². The molecule has 1 fully saturated rings. The molecule has 5 heteroatoms. The van der Waals surface area contributed by atoms with Gasteiger partial charge in [-0.25, -0.2) is 4.52 Å². The van der Waals surface area contributed by atoms with Crippen molar-refractivity contribution >= 4 is 27.5 Å². The minimum atomic E-state index is 0.533. The van der Waals surface area contributed by atoms with Gasteiger partial charge in [-0.2, -0.15) is 4.98 Å². The molecule has 0 radical (unpaired) electrons.